The molecule has 3 aliphatic rings. The van der Waals surface area contributed by atoms with E-state index in [9.17, 15) is 16.8 Å². The van der Waals surface area contributed by atoms with Crippen molar-refractivity contribution in [2.75, 3.05) is 19.4 Å². The standard InChI is InChI=1S/C19H36N2O5S2/c1-14(2)15-6-8-16(9-7-15)26-13-19-18(20-27(3,22)23)5-4-12-21(19)28(24,25)17-10-11-17/h14-20H,4-13H2,1-3H3/t15-,16+,18-,19-/m0/s1. The van der Waals surface area contributed by atoms with Crippen molar-refractivity contribution in [3.05, 3.63) is 0 Å². The highest BCUT2D eigenvalue weighted by Crippen LogP contribution is 2.35. The zero-order valence-corrected chi connectivity index (χ0v) is 19.0. The van der Waals surface area contributed by atoms with Gasteiger partial charge < -0.3 is 4.74 Å². The van der Waals surface area contributed by atoms with Crippen molar-refractivity contribution < 1.29 is 21.6 Å². The summed E-state index contributed by atoms with van der Waals surface area (Å²) < 4.78 is 59.9. The molecule has 0 unspecified atom stereocenters. The van der Waals surface area contributed by atoms with Crippen LogP contribution in [0.4, 0.5) is 0 Å². The predicted octanol–water partition coefficient (Wildman–Crippen LogP) is 2.09. The van der Waals surface area contributed by atoms with Crippen LogP contribution < -0.4 is 4.72 Å². The second kappa shape index (κ2) is 8.88. The number of nitrogens with zero attached hydrogens (tertiary/aromatic N) is 1. The lowest BCUT2D eigenvalue weighted by Crippen LogP contribution is -2.59. The second-order valence-electron chi connectivity index (χ2n) is 9.18. The molecule has 0 aromatic carbocycles. The molecular weight excluding hydrogens is 400 g/mol. The number of ether oxygens (including phenoxy) is 1. The van der Waals surface area contributed by atoms with Gasteiger partial charge in [-0.05, 0) is 63.2 Å². The number of hydrogen-bond donors (Lipinski definition) is 1. The van der Waals surface area contributed by atoms with Crippen LogP contribution in [0, 0.1) is 11.8 Å². The quantitative estimate of drug-likeness (QED) is 0.629. The number of piperidine rings is 1. The molecule has 0 aromatic rings. The molecule has 28 heavy (non-hydrogen) atoms. The largest absolute Gasteiger partial charge is 0.376 e. The van der Waals surface area contributed by atoms with Gasteiger partial charge in [0.2, 0.25) is 20.0 Å². The summed E-state index contributed by atoms with van der Waals surface area (Å²) >= 11 is 0. The summed E-state index contributed by atoms with van der Waals surface area (Å²) in [7, 11) is -6.80. The van der Waals surface area contributed by atoms with Crippen LogP contribution in [0.15, 0.2) is 0 Å². The first-order valence-electron chi connectivity index (χ1n) is 10.7. The molecule has 0 spiro atoms. The minimum absolute atomic E-state index is 0.140. The fourth-order valence-corrected chi connectivity index (χ4v) is 7.58. The van der Waals surface area contributed by atoms with Gasteiger partial charge >= 0.3 is 0 Å². The lowest BCUT2D eigenvalue weighted by molar-refractivity contribution is -0.0173. The number of nitrogens with one attached hydrogen (secondary N) is 1. The predicted molar refractivity (Wildman–Crippen MR) is 110 cm³/mol. The third-order valence-electron chi connectivity index (χ3n) is 6.53. The average molecular weight is 437 g/mol. The van der Waals surface area contributed by atoms with E-state index in [2.05, 4.69) is 18.6 Å². The van der Waals surface area contributed by atoms with Crippen LogP contribution in [-0.4, -0.2) is 64.0 Å². The molecule has 2 atom stereocenters. The molecule has 1 N–H and O–H groups in total. The highest BCUT2D eigenvalue weighted by Gasteiger charge is 2.46. The van der Waals surface area contributed by atoms with Gasteiger partial charge in [0.1, 0.15) is 0 Å². The summed E-state index contributed by atoms with van der Waals surface area (Å²) in [5.74, 6) is 1.42. The Morgan fingerprint density at radius 1 is 1.00 bits per heavy atom. The molecule has 9 heteroatoms. The van der Waals surface area contributed by atoms with E-state index >= 15 is 0 Å². The van der Waals surface area contributed by atoms with Crippen molar-refractivity contribution in [3.63, 3.8) is 0 Å². The summed E-state index contributed by atoms with van der Waals surface area (Å²) in [5, 5.41) is -0.298. The van der Waals surface area contributed by atoms with Crippen molar-refractivity contribution >= 4 is 20.0 Å². The van der Waals surface area contributed by atoms with Gasteiger partial charge in [-0.2, -0.15) is 4.31 Å². The van der Waals surface area contributed by atoms with Crippen LogP contribution in [0.3, 0.4) is 0 Å². The van der Waals surface area contributed by atoms with Crippen LogP contribution in [0.1, 0.15) is 65.2 Å². The molecule has 1 saturated heterocycles. The molecule has 0 amide bonds. The van der Waals surface area contributed by atoms with E-state index in [1.807, 2.05) is 0 Å². The van der Waals surface area contributed by atoms with Crippen molar-refractivity contribution in [3.8, 4) is 0 Å². The van der Waals surface area contributed by atoms with Gasteiger partial charge in [-0.25, -0.2) is 21.6 Å². The molecule has 164 valence electrons. The summed E-state index contributed by atoms with van der Waals surface area (Å²) in [6.07, 6.45) is 8.25. The van der Waals surface area contributed by atoms with Crippen LogP contribution >= 0.6 is 0 Å². The zero-order chi connectivity index (χ0) is 20.5. The first-order valence-corrected chi connectivity index (χ1v) is 14.1. The number of sulfonamides is 2. The average Bonchev–Trinajstić information content (AvgIpc) is 3.45. The van der Waals surface area contributed by atoms with Gasteiger partial charge in [0.15, 0.2) is 0 Å². The Morgan fingerprint density at radius 3 is 2.18 bits per heavy atom. The Balaban J connectivity index is 1.68. The highest BCUT2D eigenvalue weighted by atomic mass is 32.2. The van der Waals surface area contributed by atoms with Gasteiger partial charge in [0, 0.05) is 12.6 Å². The molecule has 3 rings (SSSR count). The van der Waals surface area contributed by atoms with Crippen molar-refractivity contribution in [2.45, 2.75) is 88.7 Å². The Kier molecular flexibility index (Phi) is 7.12. The lowest BCUT2D eigenvalue weighted by atomic mass is 9.80. The normalized spacial score (nSPS) is 33.3. The second-order valence-corrected chi connectivity index (χ2v) is 13.1. The maximum atomic E-state index is 12.9. The lowest BCUT2D eigenvalue weighted by Gasteiger charge is -2.41. The van der Waals surface area contributed by atoms with E-state index in [4.69, 9.17) is 4.74 Å². The first kappa shape index (κ1) is 22.5. The summed E-state index contributed by atoms with van der Waals surface area (Å²) in [6, 6.07) is -0.888. The fraction of sp³-hybridized carbons (Fsp3) is 1.00. The van der Waals surface area contributed by atoms with E-state index in [1.54, 1.807) is 0 Å². The van der Waals surface area contributed by atoms with E-state index in [0.717, 1.165) is 37.9 Å². The van der Waals surface area contributed by atoms with E-state index < -0.39 is 32.1 Å². The molecular formula is C19H36N2O5S2. The zero-order valence-electron chi connectivity index (χ0n) is 17.3. The van der Waals surface area contributed by atoms with Crippen molar-refractivity contribution in [2.24, 2.45) is 11.8 Å². The topological polar surface area (TPSA) is 92.8 Å². The Morgan fingerprint density at radius 2 is 1.64 bits per heavy atom. The molecule has 2 saturated carbocycles. The van der Waals surface area contributed by atoms with Crippen LogP contribution in [0.25, 0.3) is 0 Å². The smallest absolute Gasteiger partial charge is 0.217 e. The molecule has 0 radical (unpaired) electrons. The number of rotatable bonds is 8. The molecule has 0 bridgehead atoms. The van der Waals surface area contributed by atoms with E-state index in [1.165, 1.54) is 4.31 Å². The van der Waals surface area contributed by atoms with Gasteiger partial charge in [-0.15, -0.1) is 0 Å². The maximum absolute atomic E-state index is 12.9. The van der Waals surface area contributed by atoms with Crippen molar-refractivity contribution in [1.82, 2.24) is 9.03 Å². The SMILES string of the molecule is CC(C)[C@H]1CC[C@@H](OC[C@H]2[C@@H](NS(C)(=O)=O)CCCN2S(=O)(=O)C2CC2)CC1. The van der Waals surface area contributed by atoms with Crippen LogP contribution in [0.5, 0.6) is 0 Å². The van der Waals surface area contributed by atoms with Crippen LogP contribution in [-0.2, 0) is 24.8 Å². The molecule has 7 nitrogen and oxygen atoms in total. The minimum atomic E-state index is -3.42. The van der Waals surface area contributed by atoms with E-state index in [-0.39, 0.29) is 18.0 Å². The number of hydrogen-bond acceptors (Lipinski definition) is 5. The third-order valence-corrected chi connectivity index (χ3v) is 9.68. The fourth-order valence-electron chi connectivity index (χ4n) is 4.67. The van der Waals surface area contributed by atoms with Gasteiger partial charge in [0.05, 0.1) is 30.3 Å². The monoisotopic (exact) mass is 436 g/mol. The van der Waals surface area contributed by atoms with E-state index in [0.29, 0.717) is 38.1 Å². The van der Waals surface area contributed by atoms with Crippen molar-refractivity contribution in [1.29, 1.82) is 0 Å². The van der Waals surface area contributed by atoms with Gasteiger partial charge in [-0.3, -0.25) is 0 Å². The maximum Gasteiger partial charge on any atom is 0.217 e. The molecule has 0 aromatic heterocycles. The highest BCUT2D eigenvalue weighted by molar-refractivity contribution is 7.90. The summed E-state index contributed by atoms with van der Waals surface area (Å²) in [5.41, 5.74) is 0. The first-order chi connectivity index (χ1) is 13.1. The Labute approximate surface area is 170 Å². The minimum Gasteiger partial charge on any atom is -0.376 e. The molecule has 1 heterocycles. The molecule has 3 fully saturated rings. The summed E-state index contributed by atoms with van der Waals surface area (Å²) in [6.45, 7) is 5.23. The summed E-state index contributed by atoms with van der Waals surface area (Å²) in [4.78, 5) is 0. The van der Waals surface area contributed by atoms with Gasteiger partial charge in [0.25, 0.3) is 0 Å². The molecule has 2 aliphatic carbocycles. The Bertz CT molecular complexity index is 725. The molecule has 1 aliphatic heterocycles. The Hall–Kier alpha value is -0.220. The van der Waals surface area contributed by atoms with Gasteiger partial charge in [-0.1, -0.05) is 13.8 Å². The van der Waals surface area contributed by atoms with Crippen LogP contribution in [0.2, 0.25) is 0 Å². The third kappa shape index (κ3) is 5.68.